The summed E-state index contributed by atoms with van der Waals surface area (Å²) in [4.78, 5) is 9.92. The summed E-state index contributed by atoms with van der Waals surface area (Å²) in [7, 11) is 6.27. The average Bonchev–Trinajstić information content (AvgIpc) is 2.75. The molecule has 0 aromatic rings. The highest BCUT2D eigenvalue weighted by Crippen LogP contribution is 2.48. The van der Waals surface area contributed by atoms with Gasteiger partial charge in [-0.2, -0.15) is 0 Å². The van der Waals surface area contributed by atoms with Crippen LogP contribution in [0.15, 0.2) is 0 Å². The standard InChI is InChI=1S/C11H23N2O5PS2/c1-12-11(20)13-8-5-7(6-15-2)9(10(8)16-3)18-19(14,21)17-4/h7-10H,5-6H2,1-4H3,(H,14,21)(H2,12,13,20)/t7-,8-,9?,10-,19?/m1/s1. The molecule has 0 aliphatic heterocycles. The van der Waals surface area contributed by atoms with Crippen molar-refractivity contribution in [2.24, 2.45) is 5.92 Å². The molecule has 124 valence electrons. The minimum absolute atomic E-state index is 0.0155. The monoisotopic (exact) mass is 358 g/mol. The quantitative estimate of drug-likeness (QED) is 0.442. The second-order valence-corrected chi connectivity index (χ2v) is 8.01. The molecule has 7 nitrogen and oxygen atoms in total. The molecule has 0 saturated heterocycles. The summed E-state index contributed by atoms with van der Waals surface area (Å²) in [5, 5.41) is 6.55. The Morgan fingerprint density at radius 2 is 2.00 bits per heavy atom. The first-order valence-corrected chi connectivity index (χ1v) is 9.45. The highest BCUT2D eigenvalue weighted by Gasteiger charge is 2.47. The molecule has 10 heteroatoms. The van der Waals surface area contributed by atoms with Crippen molar-refractivity contribution < 1.29 is 23.4 Å². The molecule has 1 saturated carbocycles. The smallest absolute Gasteiger partial charge is 0.324 e. The number of nitrogens with one attached hydrogen (secondary N) is 2. The average molecular weight is 358 g/mol. The Morgan fingerprint density at radius 3 is 2.48 bits per heavy atom. The maximum absolute atomic E-state index is 9.92. The highest BCUT2D eigenvalue weighted by atomic mass is 32.5. The molecule has 3 N–H and O–H groups in total. The molecule has 0 aromatic heterocycles. The van der Waals surface area contributed by atoms with Crippen molar-refractivity contribution in [1.82, 2.24) is 10.6 Å². The Labute approximate surface area is 135 Å². The molecule has 1 fully saturated rings. The molecule has 0 heterocycles. The zero-order valence-electron chi connectivity index (χ0n) is 12.6. The summed E-state index contributed by atoms with van der Waals surface area (Å²) < 4.78 is 21.2. The third-order valence-corrected chi connectivity index (χ3v) is 5.42. The first-order chi connectivity index (χ1) is 9.88. The molecule has 5 atom stereocenters. The van der Waals surface area contributed by atoms with Gasteiger partial charge in [-0.3, -0.25) is 0 Å². The van der Waals surface area contributed by atoms with E-state index in [1.54, 1.807) is 21.3 Å². The summed E-state index contributed by atoms with van der Waals surface area (Å²) in [5.41, 5.74) is 0. The van der Waals surface area contributed by atoms with Gasteiger partial charge in [0.05, 0.1) is 12.6 Å². The molecule has 1 aliphatic carbocycles. The molecule has 0 spiro atoms. The number of thiocarbonyl (C=S) groups is 1. The van der Waals surface area contributed by atoms with Gasteiger partial charge in [0.15, 0.2) is 5.11 Å². The molecule has 0 bridgehead atoms. The normalized spacial score (nSPS) is 31.7. The van der Waals surface area contributed by atoms with Crippen molar-refractivity contribution in [1.29, 1.82) is 0 Å². The Morgan fingerprint density at radius 1 is 1.33 bits per heavy atom. The third kappa shape index (κ3) is 5.37. The fourth-order valence-corrected chi connectivity index (χ4v) is 3.63. The molecular formula is C11H23N2O5PS2. The summed E-state index contributed by atoms with van der Waals surface area (Å²) in [5.74, 6) is 0.0155. The van der Waals surface area contributed by atoms with Crippen LogP contribution in [0, 0.1) is 5.92 Å². The number of ether oxygens (including phenoxy) is 2. The molecule has 1 rings (SSSR count). The van der Waals surface area contributed by atoms with Gasteiger partial charge in [-0.25, -0.2) is 0 Å². The minimum atomic E-state index is -3.28. The predicted octanol–water partition coefficient (Wildman–Crippen LogP) is 0.379. The van der Waals surface area contributed by atoms with Crippen LogP contribution < -0.4 is 10.6 Å². The summed E-state index contributed by atoms with van der Waals surface area (Å²) in [6.07, 6.45) is -0.0262. The summed E-state index contributed by atoms with van der Waals surface area (Å²) in [6.45, 7) is -2.81. The van der Waals surface area contributed by atoms with E-state index in [1.807, 2.05) is 0 Å². The van der Waals surface area contributed by atoms with Crippen molar-refractivity contribution in [2.45, 2.75) is 24.7 Å². The number of hydrogen-bond acceptors (Lipinski definition) is 6. The van der Waals surface area contributed by atoms with Crippen molar-refractivity contribution in [3.63, 3.8) is 0 Å². The molecule has 1 aliphatic rings. The van der Waals surface area contributed by atoms with Crippen LogP contribution >= 0.6 is 18.9 Å². The van der Waals surface area contributed by atoms with E-state index in [2.05, 4.69) is 10.6 Å². The van der Waals surface area contributed by atoms with Crippen LogP contribution in [0.2, 0.25) is 0 Å². The molecule has 0 aromatic carbocycles. The van der Waals surface area contributed by atoms with Gasteiger partial charge in [0.1, 0.15) is 12.2 Å². The fraction of sp³-hybridized carbons (Fsp3) is 0.909. The Kier molecular flexibility index (Phi) is 7.94. The third-order valence-electron chi connectivity index (χ3n) is 3.42. The van der Waals surface area contributed by atoms with Crippen LogP contribution in [0.1, 0.15) is 6.42 Å². The van der Waals surface area contributed by atoms with Gasteiger partial charge in [0, 0.05) is 34.3 Å². The van der Waals surface area contributed by atoms with Crippen LogP contribution in [0.3, 0.4) is 0 Å². The van der Waals surface area contributed by atoms with Crippen LogP contribution in [0.25, 0.3) is 0 Å². The molecule has 0 radical (unpaired) electrons. The van der Waals surface area contributed by atoms with Gasteiger partial charge in [-0.05, 0) is 30.4 Å². The lowest BCUT2D eigenvalue weighted by molar-refractivity contribution is -0.0206. The van der Waals surface area contributed by atoms with E-state index in [0.717, 1.165) is 6.42 Å². The van der Waals surface area contributed by atoms with Crippen LogP contribution in [0.5, 0.6) is 0 Å². The summed E-state index contributed by atoms with van der Waals surface area (Å²) >= 11 is 10.1. The fourth-order valence-electron chi connectivity index (χ4n) is 2.49. The van der Waals surface area contributed by atoms with E-state index in [-0.39, 0.29) is 18.1 Å². The van der Waals surface area contributed by atoms with Gasteiger partial charge in [-0.15, -0.1) is 0 Å². The topological polar surface area (TPSA) is 81.2 Å². The van der Waals surface area contributed by atoms with Gasteiger partial charge in [-0.1, -0.05) is 0 Å². The predicted molar refractivity (Wildman–Crippen MR) is 87.7 cm³/mol. The molecule has 0 amide bonds. The van der Waals surface area contributed by atoms with Crippen molar-refractivity contribution in [3.8, 4) is 0 Å². The minimum Gasteiger partial charge on any atom is -0.384 e. The van der Waals surface area contributed by atoms with E-state index in [4.69, 9.17) is 42.5 Å². The maximum Gasteiger partial charge on any atom is 0.324 e. The van der Waals surface area contributed by atoms with E-state index in [0.29, 0.717) is 11.7 Å². The van der Waals surface area contributed by atoms with E-state index < -0.39 is 12.8 Å². The number of methoxy groups -OCH3 is 2. The summed E-state index contributed by atoms with van der Waals surface area (Å²) in [6, 6.07) is -0.0630. The van der Waals surface area contributed by atoms with E-state index in [9.17, 15) is 4.89 Å². The van der Waals surface area contributed by atoms with Crippen LogP contribution in [-0.2, 0) is 30.3 Å². The highest BCUT2D eigenvalue weighted by molar-refractivity contribution is 8.07. The van der Waals surface area contributed by atoms with Gasteiger partial charge in [0.2, 0.25) is 0 Å². The zero-order chi connectivity index (χ0) is 16.0. The lowest BCUT2D eigenvalue weighted by Gasteiger charge is -2.28. The first-order valence-electron chi connectivity index (χ1n) is 6.45. The Bertz CT molecular complexity index is 401. The van der Waals surface area contributed by atoms with E-state index in [1.165, 1.54) is 7.11 Å². The lowest BCUT2D eigenvalue weighted by Crippen LogP contribution is -2.47. The maximum atomic E-state index is 9.92. The van der Waals surface area contributed by atoms with Gasteiger partial charge < -0.3 is 34.0 Å². The first kappa shape index (κ1) is 19.2. The van der Waals surface area contributed by atoms with Crippen LogP contribution in [0.4, 0.5) is 0 Å². The SMILES string of the molecule is CNC(=S)N[C@@H]1C[C@H](COC)C(OP(O)(=S)OC)[C@@H]1OC. The second-order valence-electron chi connectivity index (χ2n) is 4.70. The van der Waals surface area contributed by atoms with Gasteiger partial charge in [0.25, 0.3) is 0 Å². The zero-order valence-corrected chi connectivity index (χ0v) is 15.1. The van der Waals surface area contributed by atoms with Crippen LogP contribution in [-0.4, -0.2) is 63.2 Å². The number of rotatable bonds is 7. The Hall–Kier alpha value is 0.140. The van der Waals surface area contributed by atoms with Crippen molar-refractivity contribution in [2.75, 3.05) is 35.0 Å². The van der Waals surface area contributed by atoms with E-state index >= 15 is 0 Å². The largest absolute Gasteiger partial charge is 0.384 e. The molecule has 21 heavy (non-hydrogen) atoms. The van der Waals surface area contributed by atoms with Crippen molar-refractivity contribution in [3.05, 3.63) is 0 Å². The molecular weight excluding hydrogens is 335 g/mol. The Balaban J connectivity index is 2.88. The lowest BCUT2D eigenvalue weighted by atomic mass is 10.1. The van der Waals surface area contributed by atoms with Crippen molar-refractivity contribution >= 4 is 35.9 Å². The number of hydrogen-bond donors (Lipinski definition) is 3. The van der Waals surface area contributed by atoms with Gasteiger partial charge >= 0.3 is 6.72 Å². The second kappa shape index (κ2) is 8.69. The molecule has 2 unspecified atom stereocenters.